The van der Waals surface area contributed by atoms with Crippen LogP contribution in [-0.2, 0) is 6.18 Å². The summed E-state index contributed by atoms with van der Waals surface area (Å²) in [5.74, 6) is -3.53. The van der Waals surface area contributed by atoms with Crippen LogP contribution in [0.1, 0.15) is 53.1 Å². The van der Waals surface area contributed by atoms with Gasteiger partial charge in [-0.15, -0.1) is 0 Å². The Morgan fingerprint density at radius 3 is 2.22 bits per heavy atom. The number of carbonyl (C=O) groups is 1. The summed E-state index contributed by atoms with van der Waals surface area (Å²) >= 11 is 0. The molecule has 0 unspecified atom stereocenters. The first-order valence-corrected chi connectivity index (χ1v) is 8.70. The van der Waals surface area contributed by atoms with Crippen LogP contribution < -0.4 is 5.32 Å². The van der Waals surface area contributed by atoms with E-state index in [-0.39, 0.29) is 5.56 Å². The van der Waals surface area contributed by atoms with Gasteiger partial charge >= 0.3 is 6.18 Å². The minimum absolute atomic E-state index is 0.101. The predicted molar refractivity (Wildman–Crippen MR) is 90.3 cm³/mol. The highest BCUT2D eigenvalue weighted by Crippen LogP contribution is 2.40. The fourth-order valence-corrected chi connectivity index (χ4v) is 3.71. The van der Waals surface area contributed by atoms with Crippen molar-refractivity contribution in [2.45, 2.75) is 43.8 Å². The van der Waals surface area contributed by atoms with E-state index in [1.807, 2.05) is 0 Å². The molecule has 2 nitrogen and oxygen atoms in total. The SMILES string of the molecule is O=C(N[C@@H]1CCCC[C@@H]1c1ccccc1C(F)(F)F)c1c(F)cccc1F. The molecule has 144 valence electrons. The van der Waals surface area contributed by atoms with Gasteiger partial charge in [-0.05, 0) is 36.6 Å². The van der Waals surface area contributed by atoms with E-state index in [9.17, 15) is 26.7 Å². The summed E-state index contributed by atoms with van der Waals surface area (Å²) in [7, 11) is 0. The standard InChI is InChI=1S/C20H18F5NO/c21-15-9-5-10-16(22)18(15)19(27)26-17-11-4-2-7-13(17)12-6-1-3-8-14(12)20(23,24)25/h1,3,5-6,8-10,13,17H,2,4,7,11H2,(H,26,27)/t13-,17-/m1/s1. The number of hydrogen-bond donors (Lipinski definition) is 1. The number of hydrogen-bond acceptors (Lipinski definition) is 1. The Morgan fingerprint density at radius 2 is 1.56 bits per heavy atom. The number of nitrogens with one attached hydrogen (secondary N) is 1. The van der Waals surface area contributed by atoms with Gasteiger partial charge in [-0.25, -0.2) is 8.78 Å². The molecule has 2 aromatic carbocycles. The minimum atomic E-state index is -4.51. The van der Waals surface area contributed by atoms with Crippen molar-refractivity contribution in [3.05, 3.63) is 70.8 Å². The third-order valence-electron chi connectivity index (χ3n) is 4.94. The lowest BCUT2D eigenvalue weighted by Gasteiger charge is -2.34. The zero-order valence-corrected chi connectivity index (χ0v) is 14.3. The smallest absolute Gasteiger partial charge is 0.349 e. The van der Waals surface area contributed by atoms with Crippen LogP contribution in [0.5, 0.6) is 0 Å². The van der Waals surface area contributed by atoms with Crippen LogP contribution in [0.2, 0.25) is 0 Å². The molecule has 1 aliphatic carbocycles. The van der Waals surface area contributed by atoms with Crippen molar-refractivity contribution in [1.82, 2.24) is 5.32 Å². The molecular formula is C20H18F5NO. The molecule has 2 atom stereocenters. The van der Waals surface area contributed by atoms with Gasteiger partial charge in [0.1, 0.15) is 17.2 Å². The summed E-state index contributed by atoms with van der Waals surface area (Å²) < 4.78 is 67.8. The molecule has 1 aliphatic rings. The number of carbonyl (C=O) groups excluding carboxylic acids is 1. The largest absolute Gasteiger partial charge is 0.416 e. The Hall–Kier alpha value is -2.44. The van der Waals surface area contributed by atoms with Gasteiger partial charge in [-0.3, -0.25) is 4.79 Å². The lowest BCUT2D eigenvalue weighted by molar-refractivity contribution is -0.138. The van der Waals surface area contributed by atoms with Crippen molar-refractivity contribution in [3.8, 4) is 0 Å². The lowest BCUT2D eigenvalue weighted by atomic mass is 9.78. The Morgan fingerprint density at radius 1 is 0.926 bits per heavy atom. The van der Waals surface area contributed by atoms with Crippen LogP contribution in [0.3, 0.4) is 0 Å². The summed E-state index contributed by atoms with van der Waals surface area (Å²) in [4.78, 5) is 12.4. The molecule has 2 aromatic rings. The van der Waals surface area contributed by atoms with E-state index in [1.54, 1.807) is 0 Å². The molecule has 0 aliphatic heterocycles. The molecule has 1 N–H and O–H groups in total. The summed E-state index contributed by atoms with van der Waals surface area (Å²) in [6, 6.07) is 7.70. The maximum Gasteiger partial charge on any atom is 0.416 e. The second kappa shape index (κ2) is 7.66. The normalized spacial score (nSPS) is 20.3. The highest BCUT2D eigenvalue weighted by Gasteiger charge is 2.38. The summed E-state index contributed by atoms with van der Waals surface area (Å²) in [6.45, 7) is 0. The third kappa shape index (κ3) is 4.12. The van der Waals surface area contributed by atoms with E-state index in [0.29, 0.717) is 12.8 Å². The highest BCUT2D eigenvalue weighted by atomic mass is 19.4. The molecule has 1 amide bonds. The summed E-state index contributed by atoms with van der Waals surface area (Å²) in [6.07, 6.45) is -2.18. The first-order chi connectivity index (χ1) is 12.8. The van der Waals surface area contributed by atoms with E-state index >= 15 is 0 Å². The number of rotatable bonds is 3. The molecular weight excluding hydrogens is 365 g/mol. The second-order valence-electron chi connectivity index (χ2n) is 6.65. The third-order valence-corrected chi connectivity index (χ3v) is 4.94. The van der Waals surface area contributed by atoms with Crippen molar-refractivity contribution >= 4 is 5.91 Å². The van der Waals surface area contributed by atoms with Gasteiger partial charge in [-0.2, -0.15) is 13.2 Å². The molecule has 7 heteroatoms. The van der Waals surface area contributed by atoms with Crippen molar-refractivity contribution in [2.75, 3.05) is 0 Å². The fraction of sp³-hybridized carbons (Fsp3) is 0.350. The van der Waals surface area contributed by atoms with E-state index in [1.165, 1.54) is 18.2 Å². The van der Waals surface area contributed by atoms with Gasteiger partial charge < -0.3 is 5.32 Å². The van der Waals surface area contributed by atoms with E-state index in [0.717, 1.165) is 37.1 Å². The zero-order valence-electron chi connectivity index (χ0n) is 14.3. The van der Waals surface area contributed by atoms with Crippen molar-refractivity contribution in [2.24, 2.45) is 0 Å². The molecule has 0 heterocycles. The van der Waals surface area contributed by atoms with Gasteiger partial charge in [0.05, 0.1) is 5.56 Å². The first kappa shape index (κ1) is 19.3. The molecule has 0 bridgehead atoms. The minimum Gasteiger partial charge on any atom is -0.349 e. The van der Waals surface area contributed by atoms with E-state index in [2.05, 4.69) is 5.32 Å². The lowest BCUT2D eigenvalue weighted by Crippen LogP contribution is -2.42. The predicted octanol–water partition coefficient (Wildman–Crippen LogP) is 5.44. The fourth-order valence-electron chi connectivity index (χ4n) is 3.71. The molecule has 1 fully saturated rings. The van der Waals surface area contributed by atoms with E-state index < -0.39 is 46.8 Å². The van der Waals surface area contributed by atoms with E-state index in [4.69, 9.17) is 0 Å². The molecule has 0 spiro atoms. The number of halogens is 5. The molecule has 3 rings (SSSR count). The molecule has 27 heavy (non-hydrogen) atoms. The average molecular weight is 383 g/mol. The van der Waals surface area contributed by atoms with Crippen LogP contribution in [0, 0.1) is 11.6 Å². The van der Waals surface area contributed by atoms with Crippen molar-refractivity contribution < 1.29 is 26.7 Å². The Bertz CT molecular complexity index is 813. The van der Waals surface area contributed by atoms with Crippen LogP contribution in [0.25, 0.3) is 0 Å². The van der Waals surface area contributed by atoms with Crippen LogP contribution in [0.15, 0.2) is 42.5 Å². The van der Waals surface area contributed by atoms with Gasteiger partial charge in [-0.1, -0.05) is 37.1 Å². The van der Waals surface area contributed by atoms with Gasteiger partial charge in [0, 0.05) is 12.0 Å². The zero-order chi connectivity index (χ0) is 19.6. The molecule has 0 radical (unpaired) electrons. The Labute approximate surface area is 153 Å². The maximum atomic E-state index is 13.8. The monoisotopic (exact) mass is 383 g/mol. The topological polar surface area (TPSA) is 29.1 Å². The number of benzene rings is 2. The van der Waals surface area contributed by atoms with Crippen molar-refractivity contribution in [3.63, 3.8) is 0 Å². The second-order valence-corrected chi connectivity index (χ2v) is 6.65. The molecule has 0 saturated heterocycles. The van der Waals surface area contributed by atoms with Gasteiger partial charge in [0.15, 0.2) is 0 Å². The number of amides is 1. The Balaban J connectivity index is 1.90. The maximum absolute atomic E-state index is 13.8. The number of alkyl halides is 3. The molecule has 0 aromatic heterocycles. The highest BCUT2D eigenvalue weighted by molar-refractivity contribution is 5.95. The summed E-state index contributed by atoms with van der Waals surface area (Å²) in [5, 5.41) is 2.56. The average Bonchev–Trinajstić information content (AvgIpc) is 2.61. The molecule has 1 saturated carbocycles. The summed E-state index contributed by atoms with van der Waals surface area (Å²) in [5.41, 5.74) is -1.36. The van der Waals surface area contributed by atoms with Gasteiger partial charge in [0.25, 0.3) is 5.91 Å². The van der Waals surface area contributed by atoms with Crippen molar-refractivity contribution in [1.29, 1.82) is 0 Å². The van der Waals surface area contributed by atoms with Crippen LogP contribution in [0.4, 0.5) is 22.0 Å². The van der Waals surface area contributed by atoms with Gasteiger partial charge in [0.2, 0.25) is 0 Å². The Kier molecular flexibility index (Phi) is 5.48. The first-order valence-electron chi connectivity index (χ1n) is 8.70. The quantitative estimate of drug-likeness (QED) is 0.703. The van der Waals surface area contributed by atoms with Crippen LogP contribution >= 0.6 is 0 Å². The van der Waals surface area contributed by atoms with Crippen LogP contribution in [-0.4, -0.2) is 11.9 Å².